The number of allylic oxidation sites excluding steroid dienone is 5. The molecule has 6 heteroatoms. The van der Waals surface area contributed by atoms with Crippen LogP contribution in [0.2, 0.25) is 0 Å². The van der Waals surface area contributed by atoms with Crippen molar-refractivity contribution >= 4 is 28.1 Å². The standard InChI is InChI=1S/C23H25FN2O3/c1-15(2)16-8-13-19-20(14-16)25-21(6-4-5-7-22(27)29-3)26(23(19)28)18-11-9-17(24)10-12-18/h8-9,11-14,17H,1,4-7,10H2,2-3H3. The zero-order valence-electron chi connectivity index (χ0n) is 16.8. The van der Waals surface area contributed by atoms with E-state index in [0.717, 1.165) is 11.1 Å². The van der Waals surface area contributed by atoms with E-state index in [-0.39, 0.29) is 17.9 Å². The van der Waals surface area contributed by atoms with Crippen LogP contribution in [0.5, 0.6) is 0 Å². The van der Waals surface area contributed by atoms with Crippen molar-refractivity contribution in [1.29, 1.82) is 0 Å². The Hall–Kier alpha value is -3.02. The van der Waals surface area contributed by atoms with Gasteiger partial charge in [0, 0.05) is 25.0 Å². The topological polar surface area (TPSA) is 61.2 Å². The van der Waals surface area contributed by atoms with E-state index in [1.165, 1.54) is 13.2 Å². The average Bonchev–Trinajstić information content (AvgIpc) is 2.71. The fourth-order valence-corrected chi connectivity index (χ4v) is 3.33. The summed E-state index contributed by atoms with van der Waals surface area (Å²) in [5.74, 6) is 0.339. The van der Waals surface area contributed by atoms with Gasteiger partial charge in [-0.2, -0.15) is 0 Å². The Labute approximate surface area is 169 Å². The van der Waals surface area contributed by atoms with Crippen molar-refractivity contribution in [3.63, 3.8) is 0 Å². The monoisotopic (exact) mass is 396 g/mol. The van der Waals surface area contributed by atoms with Crippen molar-refractivity contribution in [2.45, 2.75) is 45.2 Å². The van der Waals surface area contributed by atoms with Gasteiger partial charge in [-0.15, -0.1) is 0 Å². The molecule has 0 saturated heterocycles. The number of alkyl halides is 1. The number of halogens is 1. The van der Waals surface area contributed by atoms with Gasteiger partial charge < -0.3 is 4.74 Å². The minimum Gasteiger partial charge on any atom is -0.469 e. The van der Waals surface area contributed by atoms with E-state index in [1.807, 2.05) is 19.1 Å². The second-order valence-electron chi connectivity index (χ2n) is 7.20. The number of fused-ring (bicyclic) bond motifs is 1. The second kappa shape index (κ2) is 8.99. The van der Waals surface area contributed by atoms with Crippen molar-refractivity contribution in [2.75, 3.05) is 7.11 Å². The van der Waals surface area contributed by atoms with Gasteiger partial charge in [-0.05, 0) is 49.6 Å². The lowest BCUT2D eigenvalue weighted by atomic mass is 10.1. The first kappa shape index (κ1) is 20.7. The smallest absolute Gasteiger partial charge is 0.305 e. The largest absolute Gasteiger partial charge is 0.469 e. The highest BCUT2D eigenvalue weighted by molar-refractivity contribution is 5.83. The first-order valence-electron chi connectivity index (χ1n) is 9.72. The number of carbonyl (C=O) groups is 1. The quantitative estimate of drug-likeness (QED) is 0.512. The third-order valence-electron chi connectivity index (χ3n) is 4.98. The molecule has 0 amide bonds. The highest BCUT2D eigenvalue weighted by atomic mass is 19.1. The Morgan fingerprint density at radius 1 is 1.38 bits per heavy atom. The van der Waals surface area contributed by atoms with Crippen LogP contribution in [0.15, 0.2) is 47.8 Å². The van der Waals surface area contributed by atoms with Crippen molar-refractivity contribution < 1.29 is 13.9 Å². The van der Waals surface area contributed by atoms with E-state index in [9.17, 15) is 14.0 Å². The summed E-state index contributed by atoms with van der Waals surface area (Å²) in [6, 6.07) is 5.48. The molecule has 1 unspecified atom stereocenters. The average molecular weight is 396 g/mol. The van der Waals surface area contributed by atoms with Crippen LogP contribution in [0.4, 0.5) is 4.39 Å². The second-order valence-corrected chi connectivity index (χ2v) is 7.20. The maximum atomic E-state index is 13.5. The molecule has 1 aromatic carbocycles. The van der Waals surface area contributed by atoms with Crippen LogP contribution >= 0.6 is 0 Å². The normalized spacial score (nSPS) is 16.0. The molecule has 152 valence electrons. The molecule has 0 N–H and O–H groups in total. The molecule has 29 heavy (non-hydrogen) atoms. The summed E-state index contributed by atoms with van der Waals surface area (Å²) >= 11 is 0. The summed E-state index contributed by atoms with van der Waals surface area (Å²) in [4.78, 5) is 29.3. The summed E-state index contributed by atoms with van der Waals surface area (Å²) in [5, 5.41) is 0.505. The van der Waals surface area contributed by atoms with Crippen LogP contribution < -0.4 is 5.56 Å². The van der Waals surface area contributed by atoms with E-state index in [0.29, 0.717) is 48.1 Å². The number of carbonyl (C=O) groups excluding carboxylic acids is 1. The summed E-state index contributed by atoms with van der Waals surface area (Å²) in [6.07, 6.45) is 6.14. The number of methoxy groups -OCH3 is 1. The molecule has 0 saturated carbocycles. The minimum absolute atomic E-state index is 0.181. The van der Waals surface area contributed by atoms with Gasteiger partial charge in [0.15, 0.2) is 0 Å². The lowest BCUT2D eigenvalue weighted by molar-refractivity contribution is -0.140. The number of esters is 1. The van der Waals surface area contributed by atoms with Crippen molar-refractivity contribution in [3.05, 3.63) is 64.7 Å². The Balaban J connectivity index is 2.03. The molecule has 0 radical (unpaired) electrons. The molecule has 5 nitrogen and oxygen atoms in total. The van der Waals surface area contributed by atoms with Crippen molar-refractivity contribution in [1.82, 2.24) is 9.55 Å². The number of aromatic nitrogens is 2. The molecule has 0 bridgehead atoms. The predicted octanol–water partition coefficient (Wildman–Crippen LogP) is 4.45. The minimum atomic E-state index is -1.04. The van der Waals surface area contributed by atoms with Gasteiger partial charge >= 0.3 is 5.97 Å². The number of aryl methyl sites for hydroxylation is 1. The Morgan fingerprint density at radius 2 is 2.17 bits per heavy atom. The Bertz CT molecular complexity index is 1070. The first-order chi connectivity index (χ1) is 13.9. The molecule has 1 atom stereocenters. The van der Waals surface area contributed by atoms with Crippen LogP contribution in [0.25, 0.3) is 22.2 Å². The SMILES string of the molecule is C=C(C)c1ccc2c(=O)n(C3=CCC(F)C=C3)c(CCCCC(=O)OC)nc2c1. The van der Waals surface area contributed by atoms with Crippen LogP contribution in [-0.2, 0) is 16.0 Å². The molecule has 1 aliphatic rings. The van der Waals surface area contributed by atoms with E-state index in [1.54, 1.807) is 22.8 Å². The molecule has 3 rings (SSSR count). The van der Waals surface area contributed by atoms with Gasteiger partial charge in [-0.3, -0.25) is 14.2 Å². The summed E-state index contributed by atoms with van der Waals surface area (Å²) in [7, 11) is 1.37. The number of unbranched alkanes of at least 4 members (excludes halogenated alkanes) is 1. The number of rotatable bonds is 7. The van der Waals surface area contributed by atoms with E-state index in [2.05, 4.69) is 11.3 Å². The molecule has 1 heterocycles. The highest BCUT2D eigenvalue weighted by Gasteiger charge is 2.16. The van der Waals surface area contributed by atoms with Crippen LogP contribution in [0.1, 0.15) is 44.0 Å². The molecule has 0 fully saturated rings. The molecule has 1 aliphatic carbocycles. The fraction of sp³-hybridized carbons (Fsp3) is 0.348. The molecule has 1 aromatic heterocycles. The van der Waals surface area contributed by atoms with Gasteiger partial charge in [-0.1, -0.05) is 24.3 Å². The van der Waals surface area contributed by atoms with Gasteiger partial charge in [0.25, 0.3) is 5.56 Å². The van der Waals surface area contributed by atoms with Gasteiger partial charge in [0.05, 0.1) is 18.0 Å². The number of ether oxygens (including phenoxy) is 1. The third kappa shape index (κ3) is 4.70. The number of hydrogen-bond acceptors (Lipinski definition) is 4. The first-order valence-corrected chi connectivity index (χ1v) is 9.72. The van der Waals surface area contributed by atoms with Gasteiger partial charge in [-0.25, -0.2) is 9.37 Å². The molecule has 0 aliphatic heterocycles. The Morgan fingerprint density at radius 3 is 2.83 bits per heavy atom. The predicted molar refractivity (Wildman–Crippen MR) is 113 cm³/mol. The maximum Gasteiger partial charge on any atom is 0.305 e. The Kier molecular flexibility index (Phi) is 6.42. The fourth-order valence-electron chi connectivity index (χ4n) is 3.33. The van der Waals surface area contributed by atoms with E-state index >= 15 is 0 Å². The molecular formula is C23H25FN2O3. The number of hydrogen-bond donors (Lipinski definition) is 0. The van der Waals surface area contributed by atoms with Gasteiger partial charge in [0.1, 0.15) is 12.0 Å². The molecular weight excluding hydrogens is 371 g/mol. The van der Waals surface area contributed by atoms with E-state index in [4.69, 9.17) is 4.98 Å². The van der Waals surface area contributed by atoms with E-state index < -0.39 is 6.17 Å². The zero-order valence-corrected chi connectivity index (χ0v) is 16.8. The van der Waals surface area contributed by atoms with Crippen LogP contribution in [0.3, 0.4) is 0 Å². The van der Waals surface area contributed by atoms with Crippen molar-refractivity contribution in [3.8, 4) is 0 Å². The summed E-state index contributed by atoms with van der Waals surface area (Å²) < 4.78 is 19.7. The van der Waals surface area contributed by atoms with Gasteiger partial charge in [0.2, 0.25) is 0 Å². The maximum absolute atomic E-state index is 13.5. The molecule has 0 spiro atoms. The van der Waals surface area contributed by atoms with Crippen LogP contribution in [0, 0.1) is 0 Å². The highest BCUT2D eigenvalue weighted by Crippen LogP contribution is 2.22. The summed E-state index contributed by atoms with van der Waals surface area (Å²) in [6.45, 7) is 5.86. The number of benzene rings is 1. The molecule has 2 aromatic rings. The third-order valence-corrected chi connectivity index (χ3v) is 4.98. The lowest BCUT2D eigenvalue weighted by Crippen LogP contribution is -2.25. The summed E-state index contributed by atoms with van der Waals surface area (Å²) in [5.41, 5.74) is 2.88. The van der Waals surface area contributed by atoms with Crippen LogP contribution in [-0.4, -0.2) is 28.8 Å². The zero-order chi connectivity index (χ0) is 21.0. The van der Waals surface area contributed by atoms with Crippen molar-refractivity contribution in [2.24, 2.45) is 0 Å². The number of nitrogens with zero attached hydrogens (tertiary/aromatic N) is 2. The lowest BCUT2D eigenvalue weighted by Gasteiger charge is -2.17.